The molecule has 0 spiro atoms. The van der Waals surface area contributed by atoms with Crippen LogP contribution >= 0.6 is 11.6 Å². The van der Waals surface area contributed by atoms with Gasteiger partial charge in [0.25, 0.3) is 5.56 Å². The molecule has 0 fully saturated rings. The maximum Gasteiger partial charge on any atom is 0.267 e. The summed E-state index contributed by atoms with van der Waals surface area (Å²) in [4.78, 5) is 24.1. The van der Waals surface area contributed by atoms with Crippen molar-refractivity contribution in [3.8, 4) is 0 Å². The zero-order valence-corrected chi connectivity index (χ0v) is 12.8. The number of aromatic nitrogens is 2. The summed E-state index contributed by atoms with van der Waals surface area (Å²) >= 11 is 5.88. The van der Waals surface area contributed by atoms with Crippen LogP contribution in [0.4, 0.5) is 5.69 Å². The SMILES string of the molecule is Cc1ccc(=O)n(C(C)C(=O)Nc2ccc(Cl)cc2C)n1. The van der Waals surface area contributed by atoms with Crippen LogP contribution in [0.2, 0.25) is 5.02 Å². The van der Waals surface area contributed by atoms with Crippen LogP contribution in [0.15, 0.2) is 35.1 Å². The molecule has 2 aromatic rings. The number of aryl methyl sites for hydroxylation is 2. The highest BCUT2D eigenvalue weighted by Gasteiger charge is 2.18. The number of hydrogen-bond acceptors (Lipinski definition) is 3. The number of anilines is 1. The van der Waals surface area contributed by atoms with E-state index >= 15 is 0 Å². The first kappa shape index (κ1) is 15.3. The van der Waals surface area contributed by atoms with Gasteiger partial charge in [-0.15, -0.1) is 0 Å². The lowest BCUT2D eigenvalue weighted by Crippen LogP contribution is -2.33. The van der Waals surface area contributed by atoms with Crippen LogP contribution in [0.3, 0.4) is 0 Å². The number of carbonyl (C=O) groups is 1. The molecular weight excluding hydrogens is 290 g/mol. The van der Waals surface area contributed by atoms with Gasteiger partial charge < -0.3 is 5.32 Å². The maximum atomic E-state index is 12.3. The fourth-order valence-electron chi connectivity index (χ4n) is 1.91. The topological polar surface area (TPSA) is 64.0 Å². The van der Waals surface area contributed by atoms with Crippen LogP contribution < -0.4 is 10.9 Å². The van der Waals surface area contributed by atoms with Gasteiger partial charge in [0.2, 0.25) is 5.91 Å². The van der Waals surface area contributed by atoms with Crippen molar-refractivity contribution < 1.29 is 4.79 Å². The molecule has 1 aromatic heterocycles. The third-order valence-electron chi connectivity index (χ3n) is 3.15. The van der Waals surface area contributed by atoms with Crippen LogP contribution in [-0.4, -0.2) is 15.7 Å². The molecule has 1 atom stereocenters. The van der Waals surface area contributed by atoms with Crippen molar-refractivity contribution in [3.05, 3.63) is 57.0 Å². The fraction of sp³-hybridized carbons (Fsp3) is 0.267. The molecular formula is C15H16ClN3O2. The highest BCUT2D eigenvalue weighted by atomic mass is 35.5. The van der Waals surface area contributed by atoms with Gasteiger partial charge in [0.1, 0.15) is 6.04 Å². The first-order chi connectivity index (χ1) is 9.88. The van der Waals surface area contributed by atoms with E-state index in [2.05, 4.69) is 10.4 Å². The Balaban J connectivity index is 2.23. The molecule has 5 nitrogen and oxygen atoms in total. The Morgan fingerprint density at radius 3 is 2.67 bits per heavy atom. The Kier molecular flexibility index (Phi) is 4.43. The van der Waals surface area contributed by atoms with Crippen molar-refractivity contribution in [2.24, 2.45) is 0 Å². The Labute approximate surface area is 127 Å². The predicted octanol–water partition coefficient (Wildman–Crippen LogP) is 2.71. The normalized spacial score (nSPS) is 12.0. The summed E-state index contributed by atoms with van der Waals surface area (Å²) in [5.74, 6) is -0.305. The Morgan fingerprint density at radius 2 is 2.00 bits per heavy atom. The fourth-order valence-corrected chi connectivity index (χ4v) is 2.14. The molecule has 0 saturated heterocycles. The molecule has 1 aromatic carbocycles. The van der Waals surface area contributed by atoms with Gasteiger partial charge in [-0.2, -0.15) is 5.10 Å². The van der Waals surface area contributed by atoms with E-state index in [0.717, 1.165) is 5.56 Å². The van der Waals surface area contributed by atoms with E-state index in [-0.39, 0.29) is 11.5 Å². The molecule has 110 valence electrons. The first-order valence-electron chi connectivity index (χ1n) is 6.52. The number of benzene rings is 1. The van der Waals surface area contributed by atoms with Crippen molar-refractivity contribution in [1.82, 2.24) is 9.78 Å². The van der Waals surface area contributed by atoms with Gasteiger partial charge in [-0.3, -0.25) is 9.59 Å². The molecule has 1 heterocycles. The number of rotatable bonds is 3. The minimum Gasteiger partial charge on any atom is -0.324 e. The zero-order valence-electron chi connectivity index (χ0n) is 12.1. The van der Waals surface area contributed by atoms with Gasteiger partial charge in [0, 0.05) is 16.8 Å². The van der Waals surface area contributed by atoms with E-state index in [0.29, 0.717) is 16.4 Å². The third-order valence-corrected chi connectivity index (χ3v) is 3.39. The predicted molar refractivity (Wildman–Crippen MR) is 82.8 cm³/mol. The average Bonchev–Trinajstić information content (AvgIpc) is 2.43. The lowest BCUT2D eigenvalue weighted by atomic mass is 10.2. The van der Waals surface area contributed by atoms with E-state index < -0.39 is 6.04 Å². The van der Waals surface area contributed by atoms with Crippen LogP contribution in [0.25, 0.3) is 0 Å². The third kappa shape index (κ3) is 3.49. The van der Waals surface area contributed by atoms with Crippen molar-refractivity contribution in [2.75, 3.05) is 5.32 Å². The first-order valence-corrected chi connectivity index (χ1v) is 6.90. The molecule has 6 heteroatoms. The Bertz CT molecular complexity index is 740. The van der Waals surface area contributed by atoms with Gasteiger partial charge in [-0.1, -0.05) is 11.6 Å². The van der Waals surface area contributed by atoms with E-state index in [1.807, 2.05) is 6.92 Å². The monoisotopic (exact) mass is 305 g/mol. The molecule has 1 amide bonds. The summed E-state index contributed by atoms with van der Waals surface area (Å²) in [6.07, 6.45) is 0. The van der Waals surface area contributed by atoms with Crippen molar-refractivity contribution in [2.45, 2.75) is 26.8 Å². The summed E-state index contributed by atoms with van der Waals surface area (Å²) in [5, 5.41) is 7.49. The minimum absolute atomic E-state index is 0.305. The second kappa shape index (κ2) is 6.10. The number of carbonyl (C=O) groups excluding carboxylic acids is 1. The number of hydrogen-bond donors (Lipinski definition) is 1. The Hall–Kier alpha value is -2.14. The smallest absolute Gasteiger partial charge is 0.267 e. The number of nitrogens with zero attached hydrogens (tertiary/aromatic N) is 2. The van der Waals surface area contributed by atoms with Gasteiger partial charge in [-0.05, 0) is 50.6 Å². The van der Waals surface area contributed by atoms with Crippen molar-refractivity contribution in [3.63, 3.8) is 0 Å². The van der Waals surface area contributed by atoms with E-state index in [1.54, 1.807) is 38.1 Å². The van der Waals surface area contributed by atoms with E-state index in [4.69, 9.17) is 11.6 Å². The molecule has 0 aliphatic carbocycles. The number of halogens is 1. The van der Waals surface area contributed by atoms with Gasteiger partial charge in [0.05, 0.1) is 5.69 Å². The minimum atomic E-state index is -0.701. The molecule has 21 heavy (non-hydrogen) atoms. The molecule has 2 rings (SSSR count). The quantitative estimate of drug-likeness (QED) is 0.948. The molecule has 0 aliphatic rings. The van der Waals surface area contributed by atoms with E-state index in [9.17, 15) is 9.59 Å². The van der Waals surface area contributed by atoms with Gasteiger partial charge in [0.15, 0.2) is 0 Å². The zero-order chi connectivity index (χ0) is 15.6. The summed E-state index contributed by atoms with van der Waals surface area (Å²) in [5.41, 5.74) is 1.89. The highest BCUT2D eigenvalue weighted by Crippen LogP contribution is 2.20. The summed E-state index contributed by atoms with van der Waals surface area (Å²) in [6.45, 7) is 5.25. The van der Waals surface area contributed by atoms with Crippen LogP contribution in [0, 0.1) is 13.8 Å². The van der Waals surface area contributed by atoms with Crippen LogP contribution in [0.1, 0.15) is 24.2 Å². The lowest BCUT2D eigenvalue weighted by Gasteiger charge is -2.15. The highest BCUT2D eigenvalue weighted by molar-refractivity contribution is 6.30. The number of amides is 1. The summed E-state index contributed by atoms with van der Waals surface area (Å²) in [7, 11) is 0. The summed E-state index contributed by atoms with van der Waals surface area (Å²) < 4.78 is 1.18. The molecule has 0 radical (unpaired) electrons. The van der Waals surface area contributed by atoms with E-state index in [1.165, 1.54) is 10.7 Å². The standard InChI is InChI=1S/C15H16ClN3O2/c1-9-8-12(16)5-6-13(9)17-15(21)11(3)19-14(20)7-4-10(2)18-19/h4-8,11H,1-3H3,(H,17,21). The van der Waals surface area contributed by atoms with Crippen molar-refractivity contribution in [1.29, 1.82) is 0 Å². The van der Waals surface area contributed by atoms with Crippen LogP contribution in [-0.2, 0) is 4.79 Å². The lowest BCUT2D eigenvalue weighted by molar-refractivity contribution is -0.119. The summed E-state index contributed by atoms with van der Waals surface area (Å²) in [6, 6.07) is 7.51. The molecule has 0 bridgehead atoms. The molecule has 1 unspecified atom stereocenters. The molecule has 0 aliphatic heterocycles. The van der Waals surface area contributed by atoms with Crippen molar-refractivity contribution >= 4 is 23.2 Å². The van der Waals surface area contributed by atoms with Gasteiger partial charge in [-0.25, -0.2) is 4.68 Å². The number of nitrogens with one attached hydrogen (secondary N) is 1. The second-order valence-corrected chi connectivity index (χ2v) is 5.32. The maximum absolute atomic E-state index is 12.3. The second-order valence-electron chi connectivity index (χ2n) is 4.88. The van der Waals surface area contributed by atoms with Gasteiger partial charge >= 0.3 is 0 Å². The molecule has 0 saturated carbocycles. The Morgan fingerprint density at radius 1 is 1.29 bits per heavy atom. The average molecular weight is 306 g/mol. The van der Waals surface area contributed by atoms with Crippen LogP contribution in [0.5, 0.6) is 0 Å². The largest absolute Gasteiger partial charge is 0.324 e. The molecule has 1 N–H and O–H groups in total.